The number of aryl methyl sites for hydroxylation is 1. The second kappa shape index (κ2) is 4.36. The molecule has 0 saturated carbocycles. The Hall–Kier alpha value is -0.820. The number of nitrogens with zero attached hydrogens (tertiary/aromatic N) is 1. The highest BCUT2D eigenvalue weighted by atomic mass is 15.4. The Bertz CT molecular complexity index is 301. The fraction of sp³-hybridized carbons (Fsp3) is 0.571. The van der Waals surface area contributed by atoms with Crippen molar-refractivity contribution in [3.8, 4) is 0 Å². The fourth-order valence-corrected chi connectivity index (χ4v) is 2.06. The highest BCUT2D eigenvalue weighted by Crippen LogP contribution is 2.27. The van der Waals surface area contributed by atoms with Crippen molar-refractivity contribution >= 4 is 5.69 Å². The monoisotopic (exact) mass is 206 g/mol. The topological polar surface area (TPSA) is 0 Å². The minimum atomic E-state index is 0.604. The molecule has 15 heavy (non-hydrogen) atoms. The third kappa shape index (κ3) is 2.23. The minimum absolute atomic E-state index is 0.604. The van der Waals surface area contributed by atoms with Crippen LogP contribution in [-0.2, 0) is 0 Å². The van der Waals surface area contributed by atoms with Crippen LogP contribution in [0.4, 0.5) is 5.69 Å². The van der Waals surface area contributed by atoms with Gasteiger partial charge in [0, 0.05) is 0 Å². The van der Waals surface area contributed by atoms with Crippen LogP contribution in [0, 0.1) is 6.92 Å². The summed E-state index contributed by atoms with van der Waals surface area (Å²) in [4.78, 5) is 0. The van der Waals surface area contributed by atoms with Crippen molar-refractivity contribution < 1.29 is 0 Å². The number of hydrogen-bond acceptors (Lipinski definition) is 0. The third-order valence-corrected chi connectivity index (χ3v) is 3.74. The molecule has 0 saturated heterocycles. The molecular weight excluding hydrogens is 182 g/mol. The van der Waals surface area contributed by atoms with Gasteiger partial charge in [-0.1, -0.05) is 17.7 Å². The van der Waals surface area contributed by atoms with E-state index in [1.807, 2.05) is 0 Å². The van der Waals surface area contributed by atoms with E-state index >= 15 is 0 Å². The van der Waals surface area contributed by atoms with Gasteiger partial charge in [-0.3, -0.25) is 4.48 Å². The second-order valence-corrected chi connectivity index (χ2v) is 5.17. The summed E-state index contributed by atoms with van der Waals surface area (Å²) in [5.74, 6) is 0. The zero-order valence-electron chi connectivity index (χ0n) is 10.9. The van der Waals surface area contributed by atoms with E-state index in [-0.39, 0.29) is 0 Å². The molecule has 0 aromatic heterocycles. The average Bonchev–Trinajstić information content (AvgIpc) is 2.17. The summed E-state index contributed by atoms with van der Waals surface area (Å²) >= 11 is 0. The minimum Gasteiger partial charge on any atom is -0.290 e. The molecule has 0 aliphatic rings. The maximum absolute atomic E-state index is 2.32. The first kappa shape index (κ1) is 12.3. The van der Waals surface area contributed by atoms with Gasteiger partial charge in [-0.25, -0.2) is 0 Å². The summed E-state index contributed by atoms with van der Waals surface area (Å²) < 4.78 is 1.00. The van der Waals surface area contributed by atoms with E-state index in [2.05, 4.69) is 65.9 Å². The van der Waals surface area contributed by atoms with Crippen LogP contribution in [0.1, 0.15) is 33.3 Å². The molecule has 0 aliphatic carbocycles. The number of hydrogen-bond donors (Lipinski definition) is 0. The highest BCUT2D eigenvalue weighted by Gasteiger charge is 2.31. The van der Waals surface area contributed by atoms with Gasteiger partial charge in [0.1, 0.15) is 5.69 Å². The molecule has 1 nitrogen and oxygen atoms in total. The smallest absolute Gasteiger partial charge is 0.133 e. The van der Waals surface area contributed by atoms with Crippen LogP contribution >= 0.6 is 0 Å². The van der Waals surface area contributed by atoms with Crippen molar-refractivity contribution in [2.75, 3.05) is 7.05 Å². The van der Waals surface area contributed by atoms with Gasteiger partial charge in [0.2, 0.25) is 0 Å². The summed E-state index contributed by atoms with van der Waals surface area (Å²) in [7, 11) is 2.32. The predicted molar refractivity (Wildman–Crippen MR) is 69.2 cm³/mol. The average molecular weight is 206 g/mol. The Kier molecular flexibility index (Phi) is 3.56. The fourth-order valence-electron chi connectivity index (χ4n) is 2.06. The van der Waals surface area contributed by atoms with Crippen molar-refractivity contribution in [2.24, 2.45) is 0 Å². The van der Waals surface area contributed by atoms with Crippen LogP contribution in [0.2, 0.25) is 0 Å². The molecule has 0 atom stereocenters. The van der Waals surface area contributed by atoms with Crippen molar-refractivity contribution in [3.63, 3.8) is 0 Å². The summed E-state index contributed by atoms with van der Waals surface area (Å²) in [6, 6.07) is 10.1. The zero-order valence-corrected chi connectivity index (χ0v) is 10.9. The van der Waals surface area contributed by atoms with E-state index in [1.54, 1.807) is 0 Å². The quantitative estimate of drug-likeness (QED) is 0.661. The molecule has 84 valence electrons. The number of quaternary nitrogens is 1. The van der Waals surface area contributed by atoms with Crippen LogP contribution in [0.5, 0.6) is 0 Å². The first-order chi connectivity index (χ1) is 6.89. The standard InChI is InChI=1S/C14H24N/c1-11(2)15(6,12(3)4)14-9-7-13(5)8-10-14/h7-12H,1-6H3/q+1. The summed E-state index contributed by atoms with van der Waals surface area (Å²) in [5, 5.41) is 0. The van der Waals surface area contributed by atoms with Gasteiger partial charge in [0.05, 0.1) is 19.1 Å². The Morgan fingerprint density at radius 3 is 1.60 bits per heavy atom. The van der Waals surface area contributed by atoms with Crippen LogP contribution in [0.25, 0.3) is 0 Å². The first-order valence-corrected chi connectivity index (χ1v) is 5.82. The molecule has 0 N–H and O–H groups in total. The molecule has 0 spiro atoms. The molecule has 0 radical (unpaired) electrons. The molecule has 0 amide bonds. The maximum Gasteiger partial charge on any atom is 0.133 e. The number of rotatable bonds is 3. The highest BCUT2D eigenvalue weighted by molar-refractivity contribution is 5.44. The van der Waals surface area contributed by atoms with E-state index in [0.29, 0.717) is 12.1 Å². The molecule has 0 bridgehead atoms. The lowest BCUT2D eigenvalue weighted by atomic mass is 10.1. The number of benzene rings is 1. The Morgan fingerprint density at radius 1 is 0.867 bits per heavy atom. The van der Waals surface area contributed by atoms with Crippen LogP contribution in [0.15, 0.2) is 24.3 Å². The van der Waals surface area contributed by atoms with Crippen molar-refractivity contribution in [2.45, 2.75) is 46.7 Å². The van der Waals surface area contributed by atoms with Gasteiger partial charge in [0.15, 0.2) is 0 Å². The normalized spacial score (nSPS) is 12.5. The first-order valence-electron chi connectivity index (χ1n) is 5.82. The molecular formula is C14H24N+. The summed E-state index contributed by atoms with van der Waals surface area (Å²) in [6.07, 6.45) is 0. The Balaban J connectivity index is 3.16. The SMILES string of the molecule is Cc1ccc([N+](C)(C(C)C)C(C)C)cc1. The van der Waals surface area contributed by atoms with Gasteiger partial charge in [0.25, 0.3) is 0 Å². The molecule has 1 aromatic rings. The third-order valence-electron chi connectivity index (χ3n) is 3.74. The maximum atomic E-state index is 2.32. The van der Waals surface area contributed by atoms with Gasteiger partial charge in [-0.05, 0) is 46.8 Å². The molecule has 0 aliphatic heterocycles. The molecule has 1 heteroatoms. The molecule has 0 heterocycles. The van der Waals surface area contributed by atoms with E-state index in [4.69, 9.17) is 0 Å². The lowest BCUT2D eigenvalue weighted by molar-refractivity contribution is 0.222. The lowest BCUT2D eigenvalue weighted by Gasteiger charge is -2.42. The molecule has 1 rings (SSSR count). The van der Waals surface area contributed by atoms with Crippen LogP contribution < -0.4 is 4.48 Å². The summed E-state index contributed by atoms with van der Waals surface area (Å²) in [6.45, 7) is 11.3. The van der Waals surface area contributed by atoms with Crippen molar-refractivity contribution in [3.05, 3.63) is 29.8 Å². The van der Waals surface area contributed by atoms with Crippen molar-refractivity contribution in [1.82, 2.24) is 4.48 Å². The van der Waals surface area contributed by atoms with E-state index in [0.717, 1.165) is 4.48 Å². The van der Waals surface area contributed by atoms with Crippen molar-refractivity contribution in [1.29, 1.82) is 0 Å². The van der Waals surface area contributed by atoms with Gasteiger partial charge in [-0.2, -0.15) is 0 Å². The Morgan fingerprint density at radius 2 is 1.27 bits per heavy atom. The van der Waals surface area contributed by atoms with Gasteiger partial charge in [-0.15, -0.1) is 0 Å². The second-order valence-electron chi connectivity index (χ2n) is 5.17. The van der Waals surface area contributed by atoms with Gasteiger partial charge >= 0.3 is 0 Å². The molecule has 0 fully saturated rings. The zero-order chi connectivity index (χ0) is 11.6. The van der Waals surface area contributed by atoms with E-state index in [9.17, 15) is 0 Å². The van der Waals surface area contributed by atoms with E-state index in [1.165, 1.54) is 11.3 Å². The van der Waals surface area contributed by atoms with E-state index < -0.39 is 0 Å². The molecule has 1 aromatic carbocycles. The van der Waals surface area contributed by atoms with Crippen LogP contribution in [-0.4, -0.2) is 19.1 Å². The molecule has 0 unspecified atom stereocenters. The largest absolute Gasteiger partial charge is 0.290 e. The van der Waals surface area contributed by atoms with Gasteiger partial charge < -0.3 is 0 Å². The Labute approximate surface area is 94.3 Å². The summed E-state index contributed by atoms with van der Waals surface area (Å²) in [5.41, 5.74) is 2.74. The predicted octanol–water partition coefficient (Wildman–Crippen LogP) is 3.75. The van der Waals surface area contributed by atoms with Crippen LogP contribution in [0.3, 0.4) is 0 Å². The lowest BCUT2D eigenvalue weighted by Crippen LogP contribution is -2.55.